The highest BCUT2D eigenvalue weighted by Crippen LogP contribution is 2.03. The molecule has 0 saturated carbocycles. The summed E-state index contributed by atoms with van der Waals surface area (Å²) in [4.78, 5) is 23.0. The molecule has 0 heterocycles. The Morgan fingerprint density at radius 1 is 1.26 bits per heavy atom. The van der Waals surface area contributed by atoms with Crippen molar-refractivity contribution in [1.29, 1.82) is 0 Å². The van der Waals surface area contributed by atoms with Gasteiger partial charge in [-0.25, -0.2) is 0 Å². The third-order valence-corrected chi connectivity index (χ3v) is 2.70. The monoisotopic (exact) mass is 260 g/mol. The molecule has 0 radical (unpaired) electrons. The Balaban J connectivity index is 2.60. The molecule has 1 unspecified atom stereocenters. The van der Waals surface area contributed by atoms with E-state index in [0.717, 1.165) is 5.56 Å². The molecule has 2 amide bonds. The molecular formula is C15H20N2O2. The van der Waals surface area contributed by atoms with E-state index in [2.05, 4.69) is 10.6 Å². The fourth-order valence-corrected chi connectivity index (χ4v) is 1.61. The first-order valence-corrected chi connectivity index (χ1v) is 6.40. The summed E-state index contributed by atoms with van der Waals surface area (Å²) in [5.41, 5.74) is 1.07. The van der Waals surface area contributed by atoms with Crippen LogP contribution in [0.2, 0.25) is 0 Å². The Kier molecular flexibility index (Phi) is 6.36. The minimum Gasteiger partial charge on any atom is -0.357 e. The number of hydrogen-bond donors (Lipinski definition) is 2. The number of carbonyl (C=O) groups is 2. The predicted molar refractivity (Wildman–Crippen MR) is 76.4 cm³/mol. The number of likely N-dealkylation sites (N-methyl/N-ethyl adjacent to an activating group) is 1. The SMILES string of the molecule is CCC(=O)NC(C/C=C/c1ccccc1)C(=O)NC. The normalized spacial score (nSPS) is 12.1. The van der Waals surface area contributed by atoms with Crippen LogP contribution >= 0.6 is 0 Å². The first kappa shape index (κ1) is 15.0. The molecule has 4 nitrogen and oxygen atoms in total. The van der Waals surface area contributed by atoms with Gasteiger partial charge in [0.15, 0.2) is 0 Å². The molecule has 1 rings (SSSR count). The Labute approximate surface area is 113 Å². The van der Waals surface area contributed by atoms with Crippen LogP contribution in [0, 0.1) is 0 Å². The lowest BCUT2D eigenvalue weighted by Crippen LogP contribution is -2.45. The summed E-state index contributed by atoms with van der Waals surface area (Å²) >= 11 is 0. The minimum absolute atomic E-state index is 0.123. The third-order valence-electron chi connectivity index (χ3n) is 2.70. The molecule has 102 valence electrons. The molecule has 1 atom stereocenters. The van der Waals surface area contributed by atoms with Crippen molar-refractivity contribution in [2.75, 3.05) is 7.05 Å². The smallest absolute Gasteiger partial charge is 0.242 e. The standard InChI is InChI=1S/C15H20N2O2/c1-3-14(18)17-13(15(19)16-2)11-7-10-12-8-5-4-6-9-12/h4-10,13H,3,11H2,1-2H3,(H,16,19)(H,17,18)/b10-7+. The lowest BCUT2D eigenvalue weighted by atomic mass is 10.1. The molecular weight excluding hydrogens is 240 g/mol. The van der Waals surface area contributed by atoms with Gasteiger partial charge in [-0.3, -0.25) is 9.59 Å². The summed E-state index contributed by atoms with van der Waals surface area (Å²) in [7, 11) is 1.56. The molecule has 0 aliphatic carbocycles. The van der Waals surface area contributed by atoms with Gasteiger partial charge in [-0.1, -0.05) is 49.4 Å². The van der Waals surface area contributed by atoms with Crippen LogP contribution in [-0.2, 0) is 9.59 Å². The van der Waals surface area contributed by atoms with E-state index in [1.807, 2.05) is 42.5 Å². The van der Waals surface area contributed by atoms with Crippen molar-refractivity contribution < 1.29 is 9.59 Å². The van der Waals surface area contributed by atoms with Crippen LogP contribution in [0.25, 0.3) is 6.08 Å². The average Bonchev–Trinajstić information content (AvgIpc) is 2.46. The average molecular weight is 260 g/mol. The number of benzene rings is 1. The molecule has 0 aromatic heterocycles. The molecule has 19 heavy (non-hydrogen) atoms. The van der Waals surface area contributed by atoms with Gasteiger partial charge >= 0.3 is 0 Å². The summed E-state index contributed by atoms with van der Waals surface area (Å²) in [5.74, 6) is -0.304. The van der Waals surface area contributed by atoms with Crippen LogP contribution in [0.1, 0.15) is 25.3 Å². The maximum absolute atomic E-state index is 11.6. The Hall–Kier alpha value is -2.10. The maximum Gasteiger partial charge on any atom is 0.242 e. The number of carbonyl (C=O) groups excluding carboxylic acids is 2. The molecule has 0 aliphatic rings. The molecule has 0 aliphatic heterocycles. The van der Waals surface area contributed by atoms with E-state index >= 15 is 0 Å². The van der Waals surface area contributed by atoms with Gasteiger partial charge in [-0.05, 0) is 12.0 Å². The molecule has 2 N–H and O–H groups in total. The summed E-state index contributed by atoms with van der Waals surface area (Å²) in [6.07, 6.45) is 4.68. The Morgan fingerprint density at radius 3 is 2.53 bits per heavy atom. The van der Waals surface area contributed by atoms with Crippen LogP contribution in [0.15, 0.2) is 36.4 Å². The highest BCUT2D eigenvalue weighted by molar-refractivity contribution is 5.87. The zero-order chi connectivity index (χ0) is 14.1. The zero-order valence-electron chi connectivity index (χ0n) is 11.3. The topological polar surface area (TPSA) is 58.2 Å². The van der Waals surface area contributed by atoms with E-state index < -0.39 is 6.04 Å². The van der Waals surface area contributed by atoms with Crippen molar-refractivity contribution in [2.24, 2.45) is 0 Å². The zero-order valence-corrected chi connectivity index (χ0v) is 11.3. The molecule has 1 aromatic carbocycles. The van der Waals surface area contributed by atoms with Gasteiger partial charge < -0.3 is 10.6 Å². The highest BCUT2D eigenvalue weighted by Gasteiger charge is 2.16. The van der Waals surface area contributed by atoms with Crippen molar-refractivity contribution in [3.05, 3.63) is 42.0 Å². The van der Waals surface area contributed by atoms with Gasteiger partial charge in [0.05, 0.1) is 0 Å². The van der Waals surface area contributed by atoms with Crippen molar-refractivity contribution in [2.45, 2.75) is 25.8 Å². The number of amides is 2. The van der Waals surface area contributed by atoms with E-state index in [4.69, 9.17) is 0 Å². The van der Waals surface area contributed by atoms with Crippen LogP contribution in [0.4, 0.5) is 0 Å². The van der Waals surface area contributed by atoms with Gasteiger partial charge in [0, 0.05) is 13.5 Å². The molecule has 0 fully saturated rings. The first-order chi connectivity index (χ1) is 9.17. The van der Waals surface area contributed by atoms with Crippen molar-refractivity contribution in [1.82, 2.24) is 10.6 Å². The quantitative estimate of drug-likeness (QED) is 0.818. The van der Waals surface area contributed by atoms with Gasteiger partial charge in [-0.2, -0.15) is 0 Å². The molecule has 4 heteroatoms. The van der Waals surface area contributed by atoms with Crippen LogP contribution in [0.3, 0.4) is 0 Å². The van der Waals surface area contributed by atoms with E-state index in [1.165, 1.54) is 0 Å². The van der Waals surface area contributed by atoms with Crippen molar-refractivity contribution in [3.63, 3.8) is 0 Å². The second-order valence-electron chi connectivity index (χ2n) is 4.14. The maximum atomic E-state index is 11.6. The third kappa shape index (κ3) is 5.38. The largest absolute Gasteiger partial charge is 0.357 e. The van der Waals surface area contributed by atoms with Crippen LogP contribution < -0.4 is 10.6 Å². The molecule has 1 aromatic rings. The van der Waals surface area contributed by atoms with E-state index in [-0.39, 0.29) is 11.8 Å². The van der Waals surface area contributed by atoms with Gasteiger partial charge in [0.1, 0.15) is 6.04 Å². The minimum atomic E-state index is -0.516. The number of hydrogen-bond acceptors (Lipinski definition) is 2. The van der Waals surface area contributed by atoms with Crippen LogP contribution in [-0.4, -0.2) is 24.9 Å². The summed E-state index contributed by atoms with van der Waals surface area (Å²) < 4.78 is 0. The highest BCUT2D eigenvalue weighted by atomic mass is 16.2. The summed E-state index contributed by atoms with van der Waals surface area (Å²) in [5, 5.41) is 5.26. The molecule has 0 spiro atoms. The second kappa shape index (κ2) is 8.08. The lowest BCUT2D eigenvalue weighted by molar-refractivity contribution is -0.128. The van der Waals surface area contributed by atoms with Crippen molar-refractivity contribution in [3.8, 4) is 0 Å². The summed E-state index contributed by atoms with van der Waals surface area (Å²) in [6, 6.07) is 9.30. The fraction of sp³-hybridized carbons (Fsp3) is 0.333. The predicted octanol–water partition coefficient (Wildman–Crippen LogP) is 1.73. The molecule has 0 saturated heterocycles. The van der Waals surface area contributed by atoms with E-state index in [0.29, 0.717) is 12.8 Å². The van der Waals surface area contributed by atoms with Crippen LogP contribution in [0.5, 0.6) is 0 Å². The Bertz CT molecular complexity index is 441. The fourth-order valence-electron chi connectivity index (χ4n) is 1.61. The van der Waals surface area contributed by atoms with E-state index in [9.17, 15) is 9.59 Å². The van der Waals surface area contributed by atoms with E-state index in [1.54, 1.807) is 14.0 Å². The van der Waals surface area contributed by atoms with Gasteiger partial charge in [0.2, 0.25) is 11.8 Å². The van der Waals surface area contributed by atoms with Gasteiger partial charge in [0.25, 0.3) is 0 Å². The number of nitrogens with one attached hydrogen (secondary N) is 2. The summed E-state index contributed by atoms with van der Waals surface area (Å²) in [6.45, 7) is 1.76. The second-order valence-corrected chi connectivity index (χ2v) is 4.14. The van der Waals surface area contributed by atoms with Gasteiger partial charge in [-0.15, -0.1) is 0 Å². The Morgan fingerprint density at radius 2 is 1.95 bits per heavy atom. The molecule has 0 bridgehead atoms. The van der Waals surface area contributed by atoms with Crippen molar-refractivity contribution >= 4 is 17.9 Å². The lowest BCUT2D eigenvalue weighted by Gasteiger charge is -2.14. The number of rotatable bonds is 6. The first-order valence-electron chi connectivity index (χ1n) is 6.40.